The van der Waals surface area contributed by atoms with Crippen molar-refractivity contribution in [2.24, 2.45) is 0 Å². The maximum absolute atomic E-state index is 2.32. The quantitative estimate of drug-likeness (QED) is 0.357. The number of rotatable bonds is 3. The van der Waals surface area contributed by atoms with E-state index >= 15 is 0 Å². The van der Waals surface area contributed by atoms with E-state index in [1.54, 1.807) is 0 Å². The Morgan fingerprint density at radius 1 is 0.444 bits per heavy atom. The second kappa shape index (κ2) is 7.25. The molecule has 27 heavy (non-hydrogen) atoms. The molecule has 4 rings (SSSR count). The SMILES string of the molecule is Cc1ccc(-c2cc(-c3ccccc3)cc(-c3cccc(C)c3C)c2)cc1. The predicted molar refractivity (Wildman–Crippen MR) is 117 cm³/mol. The van der Waals surface area contributed by atoms with E-state index in [2.05, 4.69) is 112 Å². The minimum absolute atomic E-state index is 1.25. The van der Waals surface area contributed by atoms with Crippen LogP contribution in [-0.4, -0.2) is 0 Å². The molecule has 0 unspecified atom stereocenters. The Hall–Kier alpha value is -3.12. The van der Waals surface area contributed by atoms with Crippen molar-refractivity contribution in [2.75, 3.05) is 0 Å². The highest BCUT2D eigenvalue weighted by molar-refractivity contribution is 5.82. The van der Waals surface area contributed by atoms with E-state index < -0.39 is 0 Å². The van der Waals surface area contributed by atoms with E-state index in [0.29, 0.717) is 0 Å². The second-order valence-electron chi connectivity index (χ2n) is 7.28. The van der Waals surface area contributed by atoms with Crippen LogP contribution in [0.5, 0.6) is 0 Å². The lowest BCUT2D eigenvalue weighted by molar-refractivity contribution is 1.34. The Balaban J connectivity index is 1.94. The van der Waals surface area contributed by atoms with Crippen molar-refractivity contribution in [3.05, 3.63) is 108 Å². The number of benzene rings is 4. The van der Waals surface area contributed by atoms with Gasteiger partial charge in [0.1, 0.15) is 0 Å². The van der Waals surface area contributed by atoms with Gasteiger partial charge < -0.3 is 0 Å². The van der Waals surface area contributed by atoms with Crippen LogP contribution in [0.25, 0.3) is 33.4 Å². The van der Waals surface area contributed by atoms with Crippen molar-refractivity contribution in [3.8, 4) is 33.4 Å². The van der Waals surface area contributed by atoms with Crippen molar-refractivity contribution in [2.45, 2.75) is 20.8 Å². The first-order valence-corrected chi connectivity index (χ1v) is 9.46. The molecule has 0 saturated heterocycles. The molecule has 0 N–H and O–H groups in total. The van der Waals surface area contributed by atoms with Gasteiger partial charge in [-0.2, -0.15) is 0 Å². The number of hydrogen-bond donors (Lipinski definition) is 0. The largest absolute Gasteiger partial charge is 0.0622 e. The summed E-state index contributed by atoms with van der Waals surface area (Å²) in [5.74, 6) is 0. The molecular weight excluding hydrogens is 324 g/mol. The van der Waals surface area contributed by atoms with Gasteiger partial charge in [-0.05, 0) is 83.5 Å². The highest BCUT2D eigenvalue weighted by Crippen LogP contribution is 2.34. The van der Waals surface area contributed by atoms with E-state index in [1.165, 1.54) is 50.1 Å². The highest BCUT2D eigenvalue weighted by Gasteiger charge is 2.09. The summed E-state index contributed by atoms with van der Waals surface area (Å²) in [5, 5.41) is 0. The average Bonchev–Trinajstić information content (AvgIpc) is 2.71. The van der Waals surface area contributed by atoms with Crippen molar-refractivity contribution < 1.29 is 0 Å². The molecule has 4 aromatic rings. The smallest absolute Gasteiger partial charge is 0.0152 e. The number of hydrogen-bond acceptors (Lipinski definition) is 0. The van der Waals surface area contributed by atoms with E-state index in [1.807, 2.05) is 0 Å². The molecule has 0 atom stereocenters. The fourth-order valence-electron chi connectivity index (χ4n) is 3.56. The van der Waals surface area contributed by atoms with Crippen molar-refractivity contribution >= 4 is 0 Å². The van der Waals surface area contributed by atoms with Gasteiger partial charge in [-0.25, -0.2) is 0 Å². The first-order chi connectivity index (χ1) is 13.1. The lowest BCUT2D eigenvalue weighted by atomic mass is 9.90. The highest BCUT2D eigenvalue weighted by atomic mass is 14.1. The molecule has 0 spiro atoms. The zero-order valence-electron chi connectivity index (χ0n) is 16.2. The minimum Gasteiger partial charge on any atom is -0.0622 e. The summed E-state index contributed by atoms with van der Waals surface area (Å²) in [7, 11) is 0. The molecule has 0 aromatic heterocycles. The van der Waals surface area contributed by atoms with Crippen LogP contribution in [0.1, 0.15) is 16.7 Å². The van der Waals surface area contributed by atoms with Crippen LogP contribution in [0.4, 0.5) is 0 Å². The fraction of sp³-hybridized carbons (Fsp3) is 0.111. The summed E-state index contributed by atoms with van der Waals surface area (Å²) in [6.45, 7) is 6.53. The molecule has 0 amide bonds. The van der Waals surface area contributed by atoms with Crippen LogP contribution >= 0.6 is 0 Å². The summed E-state index contributed by atoms with van der Waals surface area (Å²) in [6.07, 6.45) is 0. The fourth-order valence-corrected chi connectivity index (χ4v) is 3.56. The Morgan fingerprint density at radius 2 is 1.04 bits per heavy atom. The Morgan fingerprint density at radius 3 is 1.70 bits per heavy atom. The molecule has 0 radical (unpaired) electrons. The zero-order valence-corrected chi connectivity index (χ0v) is 16.2. The van der Waals surface area contributed by atoms with Gasteiger partial charge in [0.25, 0.3) is 0 Å². The van der Waals surface area contributed by atoms with Crippen LogP contribution < -0.4 is 0 Å². The minimum atomic E-state index is 1.25. The number of aryl methyl sites for hydroxylation is 2. The topological polar surface area (TPSA) is 0 Å². The molecule has 0 bridgehead atoms. The van der Waals surface area contributed by atoms with Gasteiger partial charge in [0.2, 0.25) is 0 Å². The molecule has 4 aromatic carbocycles. The molecule has 0 heterocycles. The summed E-state index contributed by atoms with van der Waals surface area (Å²) in [6, 6.07) is 32.9. The van der Waals surface area contributed by atoms with Gasteiger partial charge in [0.15, 0.2) is 0 Å². The first-order valence-electron chi connectivity index (χ1n) is 9.46. The molecule has 132 valence electrons. The molecule has 0 heteroatoms. The van der Waals surface area contributed by atoms with Crippen LogP contribution in [0.2, 0.25) is 0 Å². The second-order valence-corrected chi connectivity index (χ2v) is 7.28. The van der Waals surface area contributed by atoms with Crippen LogP contribution in [0.3, 0.4) is 0 Å². The standard InChI is InChI=1S/C27H24/c1-19-12-14-23(15-13-19)25-16-24(22-9-5-4-6-10-22)17-26(18-25)27-11-7-8-20(2)21(27)3/h4-18H,1-3H3. The molecule has 0 aliphatic heterocycles. The van der Waals surface area contributed by atoms with Gasteiger partial charge >= 0.3 is 0 Å². The Labute approximate surface area is 162 Å². The summed E-state index contributed by atoms with van der Waals surface area (Å²) in [4.78, 5) is 0. The lowest BCUT2D eigenvalue weighted by Crippen LogP contribution is -1.90. The van der Waals surface area contributed by atoms with Crippen LogP contribution in [-0.2, 0) is 0 Å². The summed E-state index contributed by atoms with van der Waals surface area (Å²) >= 11 is 0. The Kier molecular flexibility index (Phi) is 4.64. The van der Waals surface area contributed by atoms with Crippen molar-refractivity contribution in [3.63, 3.8) is 0 Å². The molecule has 0 aliphatic carbocycles. The normalized spacial score (nSPS) is 10.8. The maximum atomic E-state index is 2.32. The summed E-state index contributed by atoms with van der Waals surface area (Å²) in [5.41, 5.74) is 11.5. The Bertz CT molecular complexity index is 1070. The van der Waals surface area contributed by atoms with Gasteiger partial charge in [0.05, 0.1) is 0 Å². The van der Waals surface area contributed by atoms with Gasteiger partial charge in [-0.15, -0.1) is 0 Å². The van der Waals surface area contributed by atoms with E-state index in [0.717, 1.165) is 0 Å². The maximum Gasteiger partial charge on any atom is -0.0152 e. The third kappa shape index (κ3) is 3.57. The monoisotopic (exact) mass is 348 g/mol. The van der Waals surface area contributed by atoms with Crippen molar-refractivity contribution in [1.29, 1.82) is 0 Å². The average molecular weight is 348 g/mol. The van der Waals surface area contributed by atoms with Gasteiger partial charge in [-0.1, -0.05) is 78.4 Å². The predicted octanol–water partition coefficient (Wildman–Crippen LogP) is 7.61. The van der Waals surface area contributed by atoms with Gasteiger partial charge in [-0.3, -0.25) is 0 Å². The summed E-state index contributed by atoms with van der Waals surface area (Å²) < 4.78 is 0. The lowest BCUT2D eigenvalue weighted by Gasteiger charge is -2.14. The zero-order chi connectivity index (χ0) is 18.8. The van der Waals surface area contributed by atoms with Crippen LogP contribution in [0, 0.1) is 20.8 Å². The van der Waals surface area contributed by atoms with Crippen molar-refractivity contribution in [1.82, 2.24) is 0 Å². The third-order valence-electron chi connectivity index (χ3n) is 5.34. The van der Waals surface area contributed by atoms with Gasteiger partial charge in [0, 0.05) is 0 Å². The third-order valence-corrected chi connectivity index (χ3v) is 5.34. The van der Waals surface area contributed by atoms with Crippen LogP contribution in [0.15, 0.2) is 91.0 Å². The molecule has 0 nitrogen and oxygen atoms in total. The molecule has 0 aliphatic rings. The van der Waals surface area contributed by atoms with E-state index in [4.69, 9.17) is 0 Å². The van der Waals surface area contributed by atoms with E-state index in [-0.39, 0.29) is 0 Å². The molecule has 0 saturated carbocycles. The van der Waals surface area contributed by atoms with E-state index in [9.17, 15) is 0 Å². The first kappa shape index (κ1) is 17.3. The molecule has 0 fully saturated rings. The molecular formula is C27H24.